The predicted molar refractivity (Wildman–Crippen MR) is 87.5 cm³/mol. The van der Waals surface area contributed by atoms with Gasteiger partial charge in [-0.15, -0.1) is 0 Å². The van der Waals surface area contributed by atoms with Crippen LogP contribution >= 0.6 is 0 Å². The Morgan fingerprint density at radius 1 is 1.29 bits per heavy atom. The van der Waals surface area contributed by atoms with E-state index in [9.17, 15) is 4.79 Å². The fourth-order valence-corrected chi connectivity index (χ4v) is 2.15. The molecule has 0 bridgehead atoms. The van der Waals surface area contributed by atoms with Crippen LogP contribution in [0.4, 0.5) is 4.79 Å². The number of carbonyl (C=O) groups is 1. The Hall–Kier alpha value is -1.76. The zero-order valence-electron chi connectivity index (χ0n) is 14.2. The van der Waals surface area contributed by atoms with E-state index in [0.717, 1.165) is 17.7 Å². The van der Waals surface area contributed by atoms with Gasteiger partial charge >= 0.3 is 6.03 Å². The molecular formula is C17H29N3O. The summed E-state index contributed by atoms with van der Waals surface area (Å²) in [6.07, 6.45) is 5.51. The number of nitrogens with one attached hydrogen (secondary N) is 2. The van der Waals surface area contributed by atoms with E-state index in [1.54, 1.807) is 0 Å². The second-order valence-corrected chi connectivity index (χ2v) is 5.91. The van der Waals surface area contributed by atoms with Crippen LogP contribution in [0.15, 0.2) is 23.4 Å². The molecule has 118 valence electrons. The molecule has 0 fully saturated rings. The fourth-order valence-electron chi connectivity index (χ4n) is 2.15. The first-order valence-electron chi connectivity index (χ1n) is 7.64. The average molecular weight is 291 g/mol. The molecule has 1 atom stereocenters. The molecule has 1 unspecified atom stereocenters. The highest BCUT2D eigenvalue weighted by atomic mass is 16.2. The lowest BCUT2D eigenvalue weighted by Crippen LogP contribution is -2.38. The third kappa shape index (κ3) is 8.19. The lowest BCUT2D eigenvalue weighted by atomic mass is 9.85. The summed E-state index contributed by atoms with van der Waals surface area (Å²) >= 11 is 0. The van der Waals surface area contributed by atoms with E-state index in [4.69, 9.17) is 5.26 Å². The van der Waals surface area contributed by atoms with Crippen LogP contribution in [0.1, 0.15) is 54.4 Å². The van der Waals surface area contributed by atoms with Gasteiger partial charge in [-0.25, -0.2) is 4.79 Å². The molecule has 0 saturated carbocycles. The molecule has 0 rings (SSSR count). The van der Waals surface area contributed by atoms with Crippen molar-refractivity contribution in [2.75, 3.05) is 0 Å². The van der Waals surface area contributed by atoms with Gasteiger partial charge in [0, 0.05) is 18.2 Å². The Bertz CT molecular complexity index is 428. The van der Waals surface area contributed by atoms with E-state index < -0.39 is 0 Å². The molecule has 0 aromatic carbocycles. The minimum Gasteiger partial charge on any atom is -0.336 e. The van der Waals surface area contributed by atoms with E-state index in [0.29, 0.717) is 12.3 Å². The summed E-state index contributed by atoms with van der Waals surface area (Å²) in [6, 6.07) is 2.16. The Labute approximate surface area is 129 Å². The summed E-state index contributed by atoms with van der Waals surface area (Å²) in [4.78, 5) is 11.7. The minimum atomic E-state index is -0.198. The summed E-state index contributed by atoms with van der Waals surface area (Å²) in [5.41, 5.74) is 1.91. The Balaban J connectivity index is 5.05. The molecule has 0 aliphatic carbocycles. The van der Waals surface area contributed by atoms with Gasteiger partial charge in [0.25, 0.3) is 0 Å². The SMILES string of the molecule is CC/C=C(\C=C(/C)NC(=O)NC(C)C)C(CC#N)C(C)C. The normalized spacial score (nSPS) is 14.0. The van der Waals surface area contributed by atoms with Crippen LogP contribution < -0.4 is 10.6 Å². The zero-order valence-corrected chi connectivity index (χ0v) is 14.2. The number of hydrogen-bond donors (Lipinski definition) is 2. The van der Waals surface area contributed by atoms with Crippen LogP contribution in [-0.2, 0) is 0 Å². The van der Waals surface area contributed by atoms with Crippen molar-refractivity contribution in [3.05, 3.63) is 23.4 Å². The average Bonchev–Trinajstić information content (AvgIpc) is 2.33. The first-order valence-corrected chi connectivity index (χ1v) is 7.64. The van der Waals surface area contributed by atoms with Crippen LogP contribution in [0.3, 0.4) is 0 Å². The highest BCUT2D eigenvalue weighted by Crippen LogP contribution is 2.26. The van der Waals surface area contributed by atoms with Gasteiger partial charge in [-0.2, -0.15) is 5.26 Å². The number of nitrogens with zero attached hydrogens (tertiary/aromatic N) is 1. The van der Waals surface area contributed by atoms with Gasteiger partial charge in [-0.1, -0.05) is 26.8 Å². The Kier molecular flexibility index (Phi) is 9.20. The molecule has 0 saturated heterocycles. The minimum absolute atomic E-state index is 0.102. The summed E-state index contributed by atoms with van der Waals surface area (Å²) in [6.45, 7) is 12.0. The maximum absolute atomic E-state index is 11.7. The second kappa shape index (κ2) is 10.0. The van der Waals surface area contributed by atoms with Crippen molar-refractivity contribution in [1.82, 2.24) is 10.6 Å². The second-order valence-electron chi connectivity index (χ2n) is 5.91. The molecule has 2 amide bonds. The number of amides is 2. The molecule has 0 aliphatic rings. The van der Waals surface area contributed by atoms with Crippen LogP contribution in [-0.4, -0.2) is 12.1 Å². The van der Waals surface area contributed by atoms with Crippen molar-refractivity contribution in [1.29, 1.82) is 5.26 Å². The monoisotopic (exact) mass is 291 g/mol. The molecule has 0 spiro atoms. The molecule has 0 aromatic heterocycles. The molecule has 21 heavy (non-hydrogen) atoms. The quantitative estimate of drug-likeness (QED) is 0.693. The van der Waals surface area contributed by atoms with E-state index in [-0.39, 0.29) is 18.0 Å². The number of nitriles is 1. The number of urea groups is 1. The topological polar surface area (TPSA) is 64.9 Å². The maximum Gasteiger partial charge on any atom is 0.319 e. The highest BCUT2D eigenvalue weighted by Gasteiger charge is 2.17. The van der Waals surface area contributed by atoms with Gasteiger partial charge in [0.1, 0.15) is 0 Å². The van der Waals surface area contributed by atoms with Crippen LogP contribution in [0.2, 0.25) is 0 Å². The standard InChI is InChI=1S/C17H29N3O/c1-7-8-15(16(9-10-18)12(2)3)11-14(6)20-17(21)19-13(4)5/h8,11-13,16H,7,9H2,1-6H3,(H2,19,20,21)/b14-11+,15-8+. The van der Waals surface area contributed by atoms with Gasteiger partial charge < -0.3 is 10.6 Å². The molecule has 4 heteroatoms. The van der Waals surface area contributed by atoms with Crippen molar-refractivity contribution < 1.29 is 4.79 Å². The predicted octanol–water partition coefficient (Wildman–Crippen LogP) is 4.12. The fraction of sp³-hybridized carbons (Fsp3) is 0.647. The highest BCUT2D eigenvalue weighted by molar-refractivity contribution is 5.76. The molecule has 0 radical (unpaired) electrons. The van der Waals surface area contributed by atoms with E-state index in [2.05, 4.69) is 43.6 Å². The van der Waals surface area contributed by atoms with Crippen LogP contribution in [0.25, 0.3) is 0 Å². The first kappa shape index (κ1) is 19.2. The summed E-state index contributed by atoms with van der Waals surface area (Å²) in [7, 11) is 0. The van der Waals surface area contributed by atoms with Crippen molar-refractivity contribution in [2.24, 2.45) is 11.8 Å². The molecule has 0 heterocycles. The number of rotatable bonds is 7. The van der Waals surface area contributed by atoms with E-state index >= 15 is 0 Å². The van der Waals surface area contributed by atoms with Crippen molar-refractivity contribution in [3.8, 4) is 6.07 Å². The summed E-state index contributed by atoms with van der Waals surface area (Å²) < 4.78 is 0. The maximum atomic E-state index is 11.7. The third-order valence-electron chi connectivity index (χ3n) is 3.10. The number of hydrogen-bond acceptors (Lipinski definition) is 2. The van der Waals surface area contributed by atoms with Crippen molar-refractivity contribution in [2.45, 2.75) is 60.4 Å². The summed E-state index contributed by atoms with van der Waals surface area (Å²) in [5, 5.41) is 14.6. The van der Waals surface area contributed by atoms with Gasteiger partial charge in [-0.3, -0.25) is 0 Å². The molecule has 2 N–H and O–H groups in total. The Morgan fingerprint density at radius 3 is 2.33 bits per heavy atom. The van der Waals surface area contributed by atoms with Crippen molar-refractivity contribution in [3.63, 3.8) is 0 Å². The van der Waals surface area contributed by atoms with Gasteiger partial charge in [0.15, 0.2) is 0 Å². The lowest BCUT2D eigenvalue weighted by Gasteiger charge is -2.20. The number of carbonyl (C=O) groups excluding carboxylic acids is 1. The third-order valence-corrected chi connectivity index (χ3v) is 3.10. The number of allylic oxidation sites excluding steroid dienone is 4. The van der Waals surface area contributed by atoms with Crippen molar-refractivity contribution >= 4 is 6.03 Å². The molecule has 0 aromatic rings. The molecular weight excluding hydrogens is 262 g/mol. The van der Waals surface area contributed by atoms with Gasteiger partial charge in [0.05, 0.1) is 6.07 Å². The molecule has 0 aliphatic heterocycles. The largest absolute Gasteiger partial charge is 0.336 e. The van der Waals surface area contributed by atoms with Gasteiger partial charge in [-0.05, 0) is 50.7 Å². The zero-order chi connectivity index (χ0) is 16.4. The van der Waals surface area contributed by atoms with E-state index in [1.165, 1.54) is 0 Å². The Morgan fingerprint density at radius 2 is 1.90 bits per heavy atom. The lowest BCUT2D eigenvalue weighted by molar-refractivity contribution is 0.241. The van der Waals surface area contributed by atoms with Crippen LogP contribution in [0, 0.1) is 23.2 Å². The van der Waals surface area contributed by atoms with E-state index in [1.807, 2.05) is 26.8 Å². The van der Waals surface area contributed by atoms with Gasteiger partial charge in [0.2, 0.25) is 0 Å². The molecule has 4 nitrogen and oxygen atoms in total. The first-order chi connectivity index (χ1) is 9.81. The van der Waals surface area contributed by atoms with Crippen LogP contribution in [0.5, 0.6) is 0 Å². The summed E-state index contributed by atoms with van der Waals surface area (Å²) in [5.74, 6) is 0.579. The smallest absolute Gasteiger partial charge is 0.319 e.